The van der Waals surface area contributed by atoms with Crippen LogP contribution >= 0.6 is 0 Å². The van der Waals surface area contributed by atoms with E-state index in [0.29, 0.717) is 12.2 Å². The largest absolute Gasteiger partial charge is 0.295 e. The summed E-state index contributed by atoms with van der Waals surface area (Å²) in [5, 5.41) is 0. The van der Waals surface area contributed by atoms with Gasteiger partial charge in [0.1, 0.15) is 0 Å². The van der Waals surface area contributed by atoms with Crippen LogP contribution in [0.5, 0.6) is 0 Å². The van der Waals surface area contributed by atoms with Gasteiger partial charge in [-0.3, -0.25) is 4.79 Å². The van der Waals surface area contributed by atoms with Crippen molar-refractivity contribution in [3.63, 3.8) is 0 Å². The third-order valence-electron chi connectivity index (χ3n) is 3.28. The molecule has 0 bridgehead atoms. The molecule has 1 aromatic rings. The van der Waals surface area contributed by atoms with Gasteiger partial charge in [-0.05, 0) is 24.5 Å². The van der Waals surface area contributed by atoms with Crippen molar-refractivity contribution in [2.45, 2.75) is 32.1 Å². The molecule has 0 fully saturated rings. The zero-order chi connectivity index (χ0) is 10.9. The Balaban J connectivity index is 2.41. The number of Topliss-reactive ketones (excluding diaryl/α,β-unsaturated/α-hetero) is 1. The molecule has 1 heteroatoms. The molecular formula is C14H16O. The maximum atomic E-state index is 11.4. The minimum absolute atomic E-state index is 0.0409. The van der Waals surface area contributed by atoms with Gasteiger partial charge in [-0.2, -0.15) is 0 Å². The first-order valence-electron chi connectivity index (χ1n) is 5.40. The zero-order valence-corrected chi connectivity index (χ0v) is 9.29. The van der Waals surface area contributed by atoms with Crippen LogP contribution in [0.3, 0.4) is 0 Å². The molecule has 0 aliphatic heterocycles. The molecule has 1 atom stereocenters. The summed E-state index contributed by atoms with van der Waals surface area (Å²) in [7, 11) is 0. The van der Waals surface area contributed by atoms with E-state index in [1.165, 1.54) is 5.56 Å². The highest BCUT2D eigenvalue weighted by Crippen LogP contribution is 2.35. The Morgan fingerprint density at radius 1 is 1.20 bits per heavy atom. The molecular weight excluding hydrogens is 184 g/mol. The van der Waals surface area contributed by atoms with Crippen LogP contribution in [0.25, 0.3) is 0 Å². The minimum Gasteiger partial charge on any atom is -0.295 e. The average Bonchev–Trinajstić information content (AvgIpc) is 2.26. The fraction of sp³-hybridized carbons (Fsp3) is 0.357. The van der Waals surface area contributed by atoms with Crippen LogP contribution in [0.4, 0.5) is 0 Å². The number of hydrogen-bond donors (Lipinski definition) is 0. The van der Waals surface area contributed by atoms with Gasteiger partial charge in [0, 0.05) is 11.8 Å². The van der Waals surface area contributed by atoms with Crippen LogP contribution in [0, 0.1) is 0 Å². The Morgan fingerprint density at radius 3 is 2.47 bits per heavy atom. The second-order valence-corrected chi connectivity index (χ2v) is 4.53. The Kier molecular flexibility index (Phi) is 2.47. The van der Waals surface area contributed by atoms with Gasteiger partial charge >= 0.3 is 0 Å². The summed E-state index contributed by atoms with van der Waals surface area (Å²) >= 11 is 0. The van der Waals surface area contributed by atoms with Crippen LogP contribution in [-0.4, -0.2) is 5.78 Å². The first-order chi connectivity index (χ1) is 7.12. The van der Waals surface area contributed by atoms with Gasteiger partial charge in [0.15, 0.2) is 5.78 Å². The molecule has 78 valence electrons. The molecule has 0 radical (unpaired) electrons. The Labute approximate surface area is 90.8 Å². The van der Waals surface area contributed by atoms with Gasteiger partial charge < -0.3 is 0 Å². The SMILES string of the molecule is CC1=C[C@](C)(c2ccccc2)CCC1=O. The van der Waals surface area contributed by atoms with Crippen molar-refractivity contribution in [1.29, 1.82) is 0 Å². The summed E-state index contributed by atoms with van der Waals surface area (Å²) in [5.74, 6) is 0.295. The maximum Gasteiger partial charge on any atom is 0.158 e. The molecule has 1 aliphatic rings. The summed E-state index contributed by atoms with van der Waals surface area (Å²) in [5.41, 5.74) is 2.25. The highest BCUT2D eigenvalue weighted by atomic mass is 16.1. The third kappa shape index (κ3) is 1.87. The van der Waals surface area contributed by atoms with E-state index in [0.717, 1.165) is 12.0 Å². The van der Waals surface area contributed by atoms with Crippen LogP contribution in [0.15, 0.2) is 42.0 Å². The van der Waals surface area contributed by atoms with Crippen LogP contribution in [0.1, 0.15) is 32.3 Å². The van der Waals surface area contributed by atoms with Crippen LogP contribution < -0.4 is 0 Å². The van der Waals surface area contributed by atoms with E-state index in [4.69, 9.17) is 0 Å². The van der Waals surface area contributed by atoms with E-state index in [1.807, 2.05) is 13.0 Å². The summed E-state index contributed by atoms with van der Waals surface area (Å²) in [6.45, 7) is 4.13. The molecule has 1 nitrogen and oxygen atoms in total. The van der Waals surface area contributed by atoms with Gasteiger partial charge in [-0.25, -0.2) is 0 Å². The van der Waals surface area contributed by atoms with E-state index in [9.17, 15) is 4.79 Å². The normalized spacial score (nSPS) is 26.3. The van der Waals surface area contributed by atoms with E-state index < -0.39 is 0 Å². The lowest BCUT2D eigenvalue weighted by molar-refractivity contribution is -0.116. The van der Waals surface area contributed by atoms with Gasteiger partial charge in [0.05, 0.1) is 0 Å². The molecule has 0 amide bonds. The molecule has 1 aromatic carbocycles. The minimum atomic E-state index is 0.0409. The Hall–Kier alpha value is -1.37. The molecule has 1 aliphatic carbocycles. The number of allylic oxidation sites excluding steroid dienone is 2. The lowest BCUT2D eigenvalue weighted by atomic mass is 9.73. The molecule has 2 rings (SSSR count). The van der Waals surface area contributed by atoms with Crippen molar-refractivity contribution in [2.24, 2.45) is 0 Å². The monoisotopic (exact) mass is 200 g/mol. The smallest absolute Gasteiger partial charge is 0.158 e. The molecule has 0 spiro atoms. The van der Waals surface area contributed by atoms with Gasteiger partial charge in [0.2, 0.25) is 0 Å². The standard InChI is InChI=1S/C14H16O/c1-11-10-14(2,9-8-13(11)15)12-6-4-3-5-7-12/h3-7,10H,8-9H2,1-2H3/t14-/m1/s1. The summed E-state index contributed by atoms with van der Waals surface area (Å²) in [4.78, 5) is 11.4. The van der Waals surface area contributed by atoms with Crippen LogP contribution in [-0.2, 0) is 10.2 Å². The predicted molar refractivity (Wildman–Crippen MR) is 61.8 cm³/mol. The lowest BCUT2D eigenvalue weighted by Gasteiger charge is -2.30. The molecule has 0 heterocycles. The molecule has 0 N–H and O–H groups in total. The molecule has 0 unspecified atom stereocenters. The second kappa shape index (κ2) is 3.65. The van der Waals surface area contributed by atoms with Crippen molar-refractivity contribution in [2.75, 3.05) is 0 Å². The van der Waals surface area contributed by atoms with Gasteiger partial charge in [-0.1, -0.05) is 43.3 Å². The quantitative estimate of drug-likeness (QED) is 0.680. The topological polar surface area (TPSA) is 17.1 Å². The first-order valence-corrected chi connectivity index (χ1v) is 5.40. The number of rotatable bonds is 1. The van der Waals surface area contributed by atoms with E-state index >= 15 is 0 Å². The average molecular weight is 200 g/mol. The van der Waals surface area contributed by atoms with Gasteiger partial charge in [0.25, 0.3) is 0 Å². The first kappa shape index (κ1) is 10.2. The van der Waals surface area contributed by atoms with Gasteiger partial charge in [-0.15, -0.1) is 0 Å². The Bertz CT molecular complexity index is 403. The fourth-order valence-electron chi connectivity index (χ4n) is 2.25. The zero-order valence-electron chi connectivity index (χ0n) is 9.29. The predicted octanol–water partition coefficient (Wildman–Crippen LogP) is 3.25. The third-order valence-corrected chi connectivity index (χ3v) is 3.28. The second-order valence-electron chi connectivity index (χ2n) is 4.53. The lowest BCUT2D eigenvalue weighted by Crippen LogP contribution is -2.26. The molecule has 0 saturated carbocycles. The summed E-state index contributed by atoms with van der Waals surface area (Å²) in [6.07, 6.45) is 3.72. The van der Waals surface area contributed by atoms with E-state index in [2.05, 4.69) is 37.3 Å². The van der Waals surface area contributed by atoms with Crippen molar-refractivity contribution >= 4 is 5.78 Å². The van der Waals surface area contributed by atoms with E-state index in [1.54, 1.807) is 0 Å². The van der Waals surface area contributed by atoms with Crippen molar-refractivity contribution in [3.8, 4) is 0 Å². The van der Waals surface area contributed by atoms with Crippen molar-refractivity contribution < 1.29 is 4.79 Å². The highest BCUT2D eigenvalue weighted by molar-refractivity contribution is 5.96. The molecule has 0 aromatic heterocycles. The number of benzene rings is 1. The number of hydrogen-bond acceptors (Lipinski definition) is 1. The molecule has 0 saturated heterocycles. The van der Waals surface area contributed by atoms with E-state index in [-0.39, 0.29) is 5.41 Å². The van der Waals surface area contributed by atoms with Crippen molar-refractivity contribution in [1.82, 2.24) is 0 Å². The van der Waals surface area contributed by atoms with Crippen LogP contribution in [0.2, 0.25) is 0 Å². The fourth-order valence-corrected chi connectivity index (χ4v) is 2.25. The summed E-state index contributed by atoms with van der Waals surface area (Å²) in [6, 6.07) is 10.4. The maximum absolute atomic E-state index is 11.4. The van der Waals surface area contributed by atoms with Crippen molar-refractivity contribution in [3.05, 3.63) is 47.5 Å². The molecule has 15 heavy (non-hydrogen) atoms. The number of carbonyl (C=O) groups excluding carboxylic acids is 1. The summed E-state index contributed by atoms with van der Waals surface area (Å²) < 4.78 is 0. The number of carbonyl (C=O) groups is 1. The Morgan fingerprint density at radius 2 is 1.87 bits per heavy atom. The number of ketones is 1. The highest BCUT2D eigenvalue weighted by Gasteiger charge is 2.29.